The van der Waals surface area contributed by atoms with Crippen LogP contribution < -0.4 is 0 Å². The molecule has 96 valence electrons. The van der Waals surface area contributed by atoms with Gasteiger partial charge in [-0.25, -0.2) is 0 Å². The van der Waals surface area contributed by atoms with Crippen molar-refractivity contribution >= 4 is 17.7 Å². The van der Waals surface area contributed by atoms with Crippen molar-refractivity contribution in [1.29, 1.82) is 0 Å². The second kappa shape index (κ2) is 7.34. The van der Waals surface area contributed by atoms with Crippen molar-refractivity contribution in [2.75, 3.05) is 6.61 Å². The zero-order valence-corrected chi connectivity index (χ0v) is 10.0. The summed E-state index contributed by atoms with van der Waals surface area (Å²) in [5, 5.41) is 0. The Morgan fingerprint density at radius 2 is 1.78 bits per heavy atom. The number of rotatable bonds is 6. The summed E-state index contributed by atoms with van der Waals surface area (Å²) in [7, 11) is 0. The standard InChI is InChI=1S/C13H14O5/c1-10(14)18-13(16)7-12(15)9-17-8-11-5-3-2-4-6-11/h2-6H,7-9H2,1H3. The van der Waals surface area contributed by atoms with Crippen LogP contribution in [0.15, 0.2) is 30.3 Å². The van der Waals surface area contributed by atoms with Crippen LogP contribution in [-0.2, 0) is 30.5 Å². The first kappa shape index (κ1) is 14.1. The van der Waals surface area contributed by atoms with E-state index in [9.17, 15) is 14.4 Å². The second-order valence-electron chi connectivity index (χ2n) is 3.66. The summed E-state index contributed by atoms with van der Waals surface area (Å²) in [6.45, 7) is 1.23. The fourth-order valence-electron chi connectivity index (χ4n) is 1.27. The van der Waals surface area contributed by atoms with Gasteiger partial charge in [-0.2, -0.15) is 0 Å². The molecule has 1 aromatic carbocycles. The Morgan fingerprint density at radius 3 is 2.39 bits per heavy atom. The molecule has 0 radical (unpaired) electrons. The maximum Gasteiger partial charge on any atom is 0.321 e. The molecule has 0 aliphatic carbocycles. The van der Waals surface area contributed by atoms with E-state index in [2.05, 4.69) is 4.74 Å². The Morgan fingerprint density at radius 1 is 1.11 bits per heavy atom. The van der Waals surface area contributed by atoms with Crippen molar-refractivity contribution in [2.45, 2.75) is 20.0 Å². The Kier molecular flexibility index (Phi) is 5.73. The van der Waals surface area contributed by atoms with Crippen molar-refractivity contribution in [3.05, 3.63) is 35.9 Å². The Labute approximate surface area is 105 Å². The van der Waals surface area contributed by atoms with E-state index >= 15 is 0 Å². The molecule has 5 heteroatoms. The van der Waals surface area contributed by atoms with E-state index < -0.39 is 24.1 Å². The molecule has 1 rings (SSSR count). The third-order valence-corrected chi connectivity index (χ3v) is 1.97. The molecule has 0 saturated heterocycles. The molecular weight excluding hydrogens is 236 g/mol. The molecule has 0 aliphatic heterocycles. The van der Waals surface area contributed by atoms with E-state index in [0.717, 1.165) is 12.5 Å². The van der Waals surface area contributed by atoms with Crippen molar-refractivity contribution in [1.82, 2.24) is 0 Å². The molecule has 0 N–H and O–H groups in total. The minimum absolute atomic E-state index is 0.179. The number of benzene rings is 1. The summed E-state index contributed by atoms with van der Waals surface area (Å²) < 4.78 is 9.38. The summed E-state index contributed by atoms with van der Waals surface area (Å²) in [6, 6.07) is 9.35. The summed E-state index contributed by atoms with van der Waals surface area (Å²) in [6.07, 6.45) is -0.450. The average Bonchev–Trinajstić information content (AvgIpc) is 2.29. The number of ether oxygens (including phenoxy) is 2. The summed E-state index contributed by atoms with van der Waals surface area (Å²) in [5.74, 6) is -1.99. The molecule has 0 aliphatic rings. The first-order valence-electron chi connectivity index (χ1n) is 5.42. The van der Waals surface area contributed by atoms with Gasteiger partial charge in [-0.3, -0.25) is 14.4 Å². The van der Waals surface area contributed by atoms with Gasteiger partial charge >= 0.3 is 11.9 Å². The molecule has 5 nitrogen and oxygen atoms in total. The Bertz CT molecular complexity index is 424. The lowest BCUT2D eigenvalue weighted by atomic mass is 10.2. The number of carbonyl (C=O) groups is 3. The van der Waals surface area contributed by atoms with Crippen molar-refractivity contribution in [3.8, 4) is 0 Å². The van der Waals surface area contributed by atoms with E-state index in [1.165, 1.54) is 0 Å². The van der Waals surface area contributed by atoms with Crippen LogP contribution in [0.25, 0.3) is 0 Å². The zero-order valence-electron chi connectivity index (χ0n) is 10.0. The summed E-state index contributed by atoms with van der Waals surface area (Å²) >= 11 is 0. The lowest BCUT2D eigenvalue weighted by Gasteiger charge is -2.03. The van der Waals surface area contributed by atoms with Crippen LogP contribution in [0.3, 0.4) is 0 Å². The van der Waals surface area contributed by atoms with Gasteiger partial charge in [0.25, 0.3) is 0 Å². The molecule has 18 heavy (non-hydrogen) atoms. The highest BCUT2D eigenvalue weighted by atomic mass is 16.6. The molecular formula is C13H14O5. The number of ketones is 1. The maximum atomic E-state index is 11.3. The van der Waals surface area contributed by atoms with Gasteiger partial charge in [0, 0.05) is 6.92 Å². The molecule has 1 aromatic rings. The number of carbonyl (C=O) groups excluding carboxylic acids is 3. The second-order valence-corrected chi connectivity index (χ2v) is 3.66. The molecule has 0 unspecified atom stereocenters. The van der Waals surface area contributed by atoms with Gasteiger partial charge in [-0.05, 0) is 5.56 Å². The van der Waals surface area contributed by atoms with Crippen LogP contribution in [0.2, 0.25) is 0 Å². The lowest BCUT2D eigenvalue weighted by molar-refractivity contribution is -0.158. The summed E-state index contributed by atoms with van der Waals surface area (Å²) in [4.78, 5) is 32.7. The highest BCUT2D eigenvalue weighted by Gasteiger charge is 2.12. The largest absolute Gasteiger partial charge is 0.393 e. The fraction of sp³-hybridized carbons (Fsp3) is 0.308. The molecule has 0 bridgehead atoms. The van der Waals surface area contributed by atoms with Crippen LogP contribution in [0.1, 0.15) is 18.9 Å². The topological polar surface area (TPSA) is 69.7 Å². The third-order valence-electron chi connectivity index (χ3n) is 1.97. The van der Waals surface area contributed by atoms with Crippen LogP contribution in [-0.4, -0.2) is 24.3 Å². The Balaban J connectivity index is 2.21. The molecule has 0 spiro atoms. The molecule has 0 amide bonds. The summed E-state index contributed by atoms with van der Waals surface area (Å²) in [5.41, 5.74) is 0.941. The van der Waals surface area contributed by atoms with Gasteiger partial charge in [0.1, 0.15) is 13.0 Å². The molecule has 0 heterocycles. The average molecular weight is 250 g/mol. The van der Waals surface area contributed by atoms with E-state index in [1.54, 1.807) is 0 Å². The van der Waals surface area contributed by atoms with E-state index in [1.807, 2.05) is 30.3 Å². The number of esters is 2. The number of Topliss-reactive ketones (excluding diaryl/α,β-unsaturated/α-hetero) is 1. The van der Waals surface area contributed by atoms with Gasteiger partial charge in [-0.1, -0.05) is 30.3 Å². The highest BCUT2D eigenvalue weighted by Crippen LogP contribution is 2.01. The SMILES string of the molecule is CC(=O)OC(=O)CC(=O)COCc1ccccc1. The zero-order chi connectivity index (χ0) is 13.4. The van der Waals surface area contributed by atoms with Crippen molar-refractivity contribution < 1.29 is 23.9 Å². The maximum absolute atomic E-state index is 11.3. The molecule has 0 saturated carbocycles. The predicted octanol–water partition coefficient (Wildman–Crippen LogP) is 1.25. The van der Waals surface area contributed by atoms with Crippen molar-refractivity contribution in [2.24, 2.45) is 0 Å². The van der Waals surface area contributed by atoms with E-state index in [4.69, 9.17) is 4.74 Å². The van der Waals surface area contributed by atoms with Gasteiger partial charge in [0.15, 0.2) is 5.78 Å². The van der Waals surface area contributed by atoms with E-state index in [0.29, 0.717) is 6.61 Å². The monoisotopic (exact) mass is 250 g/mol. The van der Waals surface area contributed by atoms with Gasteiger partial charge < -0.3 is 9.47 Å². The predicted molar refractivity (Wildman–Crippen MR) is 62.5 cm³/mol. The lowest BCUT2D eigenvalue weighted by Crippen LogP contribution is -2.17. The van der Waals surface area contributed by atoms with Crippen LogP contribution >= 0.6 is 0 Å². The van der Waals surface area contributed by atoms with Gasteiger partial charge in [0.05, 0.1) is 6.61 Å². The van der Waals surface area contributed by atoms with Crippen LogP contribution in [0.5, 0.6) is 0 Å². The fourth-order valence-corrected chi connectivity index (χ4v) is 1.27. The first-order valence-corrected chi connectivity index (χ1v) is 5.42. The first-order chi connectivity index (χ1) is 8.58. The smallest absolute Gasteiger partial charge is 0.321 e. The molecule has 0 atom stereocenters. The minimum atomic E-state index is -0.851. The van der Waals surface area contributed by atoms with Crippen LogP contribution in [0.4, 0.5) is 0 Å². The number of hydrogen-bond acceptors (Lipinski definition) is 5. The number of hydrogen-bond donors (Lipinski definition) is 0. The van der Waals surface area contributed by atoms with Crippen LogP contribution in [0, 0.1) is 0 Å². The third kappa shape index (κ3) is 5.91. The highest BCUT2D eigenvalue weighted by molar-refractivity contribution is 5.99. The van der Waals surface area contributed by atoms with Crippen molar-refractivity contribution in [3.63, 3.8) is 0 Å². The normalized spacial score (nSPS) is 9.83. The Hall–Kier alpha value is -2.01. The molecule has 0 fully saturated rings. The van der Waals surface area contributed by atoms with E-state index in [-0.39, 0.29) is 6.61 Å². The van der Waals surface area contributed by atoms with Gasteiger partial charge in [0.2, 0.25) is 0 Å². The quantitative estimate of drug-likeness (QED) is 0.561. The molecule has 0 aromatic heterocycles. The van der Waals surface area contributed by atoms with Gasteiger partial charge in [-0.15, -0.1) is 0 Å². The minimum Gasteiger partial charge on any atom is -0.393 e.